The van der Waals surface area contributed by atoms with E-state index < -0.39 is 0 Å². The molecule has 5 nitrogen and oxygen atoms in total. The van der Waals surface area contributed by atoms with Crippen molar-refractivity contribution in [3.63, 3.8) is 0 Å². The van der Waals surface area contributed by atoms with E-state index >= 15 is 0 Å². The van der Waals surface area contributed by atoms with Gasteiger partial charge in [0, 0.05) is 18.2 Å². The second kappa shape index (κ2) is 4.65. The lowest BCUT2D eigenvalue weighted by molar-refractivity contribution is 0.410. The second-order valence-electron chi connectivity index (χ2n) is 4.47. The SMILES string of the molecule is Cc1nc(NC2CCC(N)CC2)cc(=O)[nH]1. The summed E-state index contributed by atoms with van der Waals surface area (Å²) in [7, 11) is 0. The summed E-state index contributed by atoms with van der Waals surface area (Å²) in [5, 5.41) is 3.30. The molecule has 1 aromatic rings. The molecule has 0 aliphatic heterocycles. The van der Waals surface area contributed by atoms with Crippen LogP contribution in [-0.2, 0) is 0 Å². The minimum Gasteiger partial charge on any atom is -0.367 e. The number of nitrogens with one attached hydrogen (secondary N) is 2. The molecule has 0 unspecified atom stereocenters. The van der Waals surface area contributed by atoms with E-state index in [-0.39, 0.29) is 5.56 Å². The molecule has 1 heterocycles. The van der Waals surface area contributed by atoms with Crippen molar-refractivity contribution in [1.82, 2.24) is 9.97 Å². The van der Waals surface area contributed by atoms with E-state index in [4.69, 9.17) is 5.73 Å². The van der Waals surface area contributed by atoms with Crippen molar-refractivity contribution in [2.75, 3.05) is 5.32 Å². The van der Waals surface area contributed by atoms with Gasteiger partial charge in [0.05, 0.1) is 0 Å². The van der Waals surface area contributed by atoms with Crippen LogP contribution < -0.4 is 16.6 Å². The third kappa shape index (κ3) is 2.82. The number of rotatable bonds is 2. The Bertz CT molecular complexity index is 407. The first-order valence-corrected chi connectivity index (χ1v) is 5.73. The van der Waals surface area contributed by atoms with E-state index in [1.54, 1.807) is 6.92 Å². The van der Waals surface area contributed by atoms with Crippen LogP contribution in [0.25, 0.3) is 0 Å². The second-order valence-corrected chi connectivity index (χ2v) is 4.47. The maximum absolute atomic E-state index is 11.2. The van der Waals surface area contributed by atoms with E-state index in [2.05, 4.69) is 15.3 Å². The van der Waals surface area contributed by atoms with Crippen molar-refractivity contribution in [2.45, 2.75) is 44.7 Å². The molecule has 0 spiro atoms. The summed E-state index contributed by atoms with van der Waals surface area (Å²) in [6.07, 6.45) is 4.18. The Balaban J connectivity index is 2.01. The molecule has 0 bridgehead atoms. The molecule has 16 heavy (non-hydrogen) atoms. The topological polar surface area (TPSA) is 83.8 Å². The van der Waals surface area contributed by atoms with Gasteiger partial charge in [0.1, 0.15) is 11.6 Å². The van der Waals surface area contributed by atoms with Gasteiger partial charge < -0.3 is 16.0 Å². The molecule has 4 N–H and O–H groups in total. The third-order valence-corrected chi connectivity index (χ3v) is 2.98. The normalized spacial score (nSPS) is 25.4. The number of anilines is 1. The highest BCUT2D eigenvalue weighted by Crippen LogP contribution is 2.19. The Kier molecular flexibility index (Phi) is 3.24. The molecule has 1 fully saturated rings. The lowest BCUT2D eigenvalue weighted by Gasteiger charge is -2.27. The first-order valence-electron chi connectivity index (χ1n) is 5.73. The Hall–Kier alpha value is -1.36. The summed E-state index contributed by atoms with van der Waals surface area (Å²) in [5.41, 5.74) is 5.73. The molecule has 1 saturated carbocycles. The number of nitrogens with zero attached hydrogens (tertiary/aromatic N) is 1. The Morgan fingerprint density at radius 1 is 1.44 bits per heavy atom. The van der Waals surface area contributed by atoms with Crippen LogP contribution >= 0.6 is 0 Å². The van der Waals surface area contributed by atoms with E-state index in [0.29, 0.717) is 23.7 Å². The van der Waals surface area contributed by atoms with Crippen LogP contribution in [-0.4, -0.2) is 22.1 Å². The summed E-state index contributed by atoms with van der Waals surface area (Å²) in [5.74, 6) is 1.31. The number of aromatic nitrogens is 2. The molecule has 0 amide bonds. The fraction of sp³-hybridized carbons (Fsp3) is 0.636. The highest BCUT2D eigenvalue weighted by molar-refractivity contribution is 5.34. The summed E-state index contributed by atoms with van der Waals surface area (Å²) in [6, 6.07) is 2.24. The largest absolute Gasteiger partial charge is 0.367 e. The fourth-order valence-electron chi connectivity index (χ4n) is 2.13. The first kappa shape index (κ1) is 11.1. The lowest BCUT2D eigenvalue weighted by atomic mass is 9.92. The highest BCUT2D eigenvalue weighted by atomic mass is 16.1. The van der Waals surface area contributed by atoms with Crippen molar-refractivity contribution in [2.24, 2.45) is 5.73 Å². The number of aryl methyl sites for hydroxylation is 1. The molecule has 0 saturated heterocycles. The van der Waals surface area contributed by atoms with Gasteiger partial charge in [-0.1, -0.05) is 0 Å². The first-order chi connectivity index (χ1) is 7.63. The van der Waals surface area contributed by atoms with Gasteiger partial charge in [-0.05, 0) is 32.6 Å². The number of hydrogen-bond donors (Lipinski definition) is 3. The fourth-order valence-corrected chi connectivity index (χ4v) is 2.13. The molecule has 0 atom stereocenters. The van der Waals surface area contributed by atoms with Crippen molar-refractivity contribution in [3.8, 4) is 0 Å². The Morgan fingerprint density at radius 3 is 2.75 bits per heavy atom. The molecule has 1 aromatic heterocycles. The van der Waals surface area contributed by atoms with E-state index in [1.807, 2.05) is 0 Å². The van der Waals surface area contributed by atoms with Crippen LogP contribution in [0.4, 0.5) is 5.82 Å². The molecular formula is C11H18N4O. The number of nitrogens with two attached hydrogens (primary N) is 1. The van der Waals surface area contributed by atoms with Gasteiger partial charge in [-0.15, -0.1) is 0 Å². The summed E-state index contributed by atoms with van der Waals surface area (Å²) >= 11 is 0. The van der Waals surface area contributed by atoms with Crippen LogP contribution in [0, 0.1) is 6.92 Å². The molecular weight excluding hydrogens is 204 g/mol. The molecule has 1 aliphatic rings. The molecule has 0 aromatic carbocycles. The summed E-state index contributed by atoms with van der Waals surface area (Å²) in [4.78, 5) is 18.1. The smallest absolute Gasteiger partial charge is 0.252 e. The predicted molar refractivity (Wildman–Crippen MR) is 63.4 cm³/mol. The van der Waals surface area contributed by atoms with Crippen molar-refractivity contribution < 1.29 is 0 Å². The van der Waals surface area contributed by atoms with E-state index in [9.17, 15) is 4.79 Å². The van der Waals surface area contributed by atoms with Crippen LogP contribution in [0.1, 0.15) is 31.5 Å². The van der Waals surface area contributed by atoms with Crippen molar-refractivity contribution >= 4 is 5.82 Å². The van der Waals surface area contributed by atoms with Gasteiger partial charge in [-0.25, -0.2) is 4.98 Å². The lowest BCUT2D eigenvalue weighted by Crippen LogP contribution is -2.33. The minimum atomic E-state index is -0.109. The predicted octanol–water partition coefficient (Wildman–Crippen LogP) is 0.760. The maximum atomic E-state index is 11.2. The van der Waals surface area contributed by atoms with Gasteiger partial charge in [0.15, 0.2) is 0 Å². The zero-order valence-corrected chi connectivity index (χ0v) is 9.49. The van der Waals surface area contributed by atoms with Crippen molar-refractivity contribution in [1.29, 1.82) is 0 Å². The summed E-state index contributed by atoms with van der Waals surface area (Å²) in [6.45, 7) is 1.78. The van der Waals surface area contributed by atoms with Crippen LogP contribution in [0.15, 0.2) is 10.9 Å². The van der Waals surface area contributed by atoms with Gasteiger partial charge >= 0.3 is 0 Å². The Labute approximate surface area is 94.5 Å². The van der Waals surface area contributed by atoms with Crippen LogP contribution in [0.3, 0.4) is 0 Å². The molecule has 5 heteroatoms. The molecule has 1 aliphatic carbocycles. The van der Waals surface area contributed by atoms with E-state index in [0.717, 1.165) is 25.7 Å². The standard InChI is InChI=1S/C11H18N4O/c1-7-13-10(6-11(16)14-7)15-9-4-2-8(12)3-5-9/h6,8-9H,2-5,12H2,1H3,(H2,13,14,15,16). The molecule has 88 valence electrons. The average Bonchev–Trinajstić information content (AvgIpc) is 2.20. The van der Waals surface area contributed by atoms with Crippen molar-refractivity contribution in [3.05, 3.63) is 22.2 Å². The van der Waals surface area contributed by atoms with Gasteiger partial charge in [-0.2, -0.15) is 0 Å². The summed E-state index contributed by atoms with van der Waals surface area (Å²) < 4.78 is 0. The van der Waals surface area contributed by atoms with E-state index in [1.165, 1.54) is 6.07 Å². The van der Waals surface area contributed by atoms with Crippen LogP contribution in [0.5, 0.6) is 0 Å². The highest BCUT2D eigenvalue weighted by Gasteiger charge is 2.18. The van der Waals surface area contributed by atoms with Gasteiger partial charge in [0.25, 0.3) is 5.56 Å². The van der Waals surface area contributed by atoms with Gasteiger partial charge in [-0.3, -0.25) is 4.79 Å². The monoisotopic (exact) mass is 222 g/mol. The number of H-pyrrole nitrogens is 1. The molecule has 0 radical (unpaired) electrons. The zero-order chi connectivity index (χ0) is 11.5. The van der Waals surface area contributed by atoms with Crippen LogP contribution in [0.2, 0.25) is 0 Å². The number of aromatic amines is 1. The molecule has 2 rings (SSSR count). The quantitative estimate of drug-likeness (QED) is 0.689. The maximum Gasteiger partial charge on any atom is 0.252 e. The van der Waals surface area contributed by atoms with Gasteiger partial charge in [0.2, 0.25) is 0 Å². The number of hydrogen-bond acceptors (Lipinski definition) is 4. The zero-order valence-electron chi connectivity index (χ0n) is 9.49. The Morgan fingerprint density at radius 2 is 2.12 bits per heavy atom. The third-order valence-electron chi connectivity index (χ3n) is 2.98. The minimum absolute atomic E-state index is 0.109. The average molecular weight is 222 g/mol.